The normalized spacial score (nSPS) is 29.1. The van der Waals surface area contributed by atoms with Crippen LogP contribution in [0.4, 0.5) is 0 Å². The van der Waals surface area contributed by atoms with Crippen LogP contribution in [0.15, 0.2) is 0 Å². The van der Waals surface area contributed by atoms with Crippen molar-refractivity contribution >= 4 is 11.6 Å². The average molecular weight is 205 g/mol. The van der Waals surface area contributed by atoms with E-state index < -0.39 is 0 Å². The van der Waals surface area contributed by atoms with Crippen LogP contribution in [0.3, 0.4) is 0 Å². The van der Waals surface area contributed by atoms with Gasteiger partial charge in [0.15, 0.2) is 0 Å². The summed E-state index contributed by atoms with van der Waals surface area (Å²) < 4.78 is 10.6. The predicted octanol–water partition coefficient (Wildman–Crippen LogP) is 2.06. The van der Waals surface area contributed by atoms with Gasteiger partial charge in [0.1, 0.15) is 0 Å². The molecule has 2 saturated heterocycles. The van der Waals surface area contributed by atoms with E-state index in [9.17, 15) is 0 Å². The molecule has 0 radical (unpaired) electrons. The fraction of sp³-hybridized carbons (Fsp3) is 1.00. The van der Waals surface area contributed by atoms with Crippen LogP contribution in [0, 0.1) is 10.8 Å². The Hall–Kier alpha value is 0.210. The Morgan fingerprint density at radius 3 is 1.85 bits per heavy atom. The molecule has 0 bridgehead atoms. The number of rotatable bonds is 4. The first kappa shape index (κ1) is 9.75. The highest BCUT2D eigenvalue weighted by Crippen LogP contribution is 2.46. The first-order chi connectivity index (χ1) is 6.24. The summed E-state index contributed by atoms with van der Waals surface area (Å²) in [6, 6.07) is 0. The van der Waals surface area contributed by atoms with Crippen LogP contribution in [0.1, 0.15) is 19.8 Å². The molecule has 2 aliphatic heterocycles. The van der Waals surface area contributed by atoms with Crippen LogP contribution in [-0.2, 0) is 9.47 Å². The highest BCUT2D eigenvalue weighted by Gasteiger charge is 2.48. The van der Waals surface area contributed by atoms with E-state index in [2.05, 4.69) is 6.92 Å². The number of hydrogen-bond acceptors (Lipinski definition) is 2. The number of hydrogen-bond donors (Lipinski definition) is 0. The van der Waals surface area contributed by atoms with E-state index in [4.69, 9.17) is 21.1 Å². The van der Waals surface area contributed by atoms with Gasteiger partial charge in [0.2, 0.25) is 0 Å². The van der Waals surface area contributed by atoms with Crippen molar-refractivity contribution in [3.8, 4) is 0 Å². The molecule has 0 unspecified atom stereocenters. The summed E-state index contributed by atoms with van der Waals surface area (Å²) in [6.07, 6.45) is 2.38. The summed E-state index contributed by atoms with van der Waals surface area (Å²) >= 11 is 5.98. The molecule has 0 aliphatic carbocycles. The van der Waals surface area contributed by atoms with E-state index >= 15 is 0 Å². The van der Waals surface area contributed by atoms with Crippen molar-refractivity contribution in [1.82, 2.24) is 0 Å². The third-order valence-electron chi connectivity index (χ3n) is 3.42. The maximum Gasteiger partial charge on any atom is 0.0556 e. The molecule has 0 saturated carbocycles. The summed E-state index contributed by atoms with van der Waals surface area (Å²) in [4.78, 5) is 0. The van der Waals surface area contributed by atoms with Gasteiger partial charge in [-0.25, -0.2) is 0 Å². The summed E-state index contributed by atoms with van der Waals surface area (Å²) in [6.45, 7) is 5.77. The van der Waals surface area contributed by atoms with Gasteiger partial charge in [0, 0.05) is 16.7 Å². The van der Waals surface area contributed by atoms with Gasteiger partial charge in [-0.05, 0) is 12.8 Å². The molecular weight excluding hydrogens is 188 g/mol. The first-order valence-electron chi connectivity index (χ1n) is 4.96. The van der Waals surface area contributed by atoms with Gasteiger partial charge in [-0.15, -0.1) is 11.6 Å². The molecule has 2 heterocycles. The van der Waals surface area contributed by atoms with E-state index in [0.717, 1.165) is 32.3 Å². The van der Waals surface area contributed by atoms with Crippen molar-refractivity contribution in [2.75, 3.05) is 32.3 Å². The fourth-order valence-corrected chi connectivity index (χ4v) is 2.48. The molecule has 0 amide bonds. The minimum atomic E-state index is 0.265. The molecule has 2 fully saturated rings. The predicted molar refractivity (Wildman–Crippen MR) is 52.1 cm³/mol. The van der Waals surface area contributed by atoms with Crippen molar-refractivity contribution in [1.29, 1.82) is 0 Å². The molecule has 0 aromatic carbocycles. The second kappa shape index (κ2) is 3.41. The van der Waals surface area contributed by atoms with Crippen molar-refractivity contribution in [3.05, 3.63) is 0 Å². The van der Waals surface area contributed by atoms with E-state index in [1.54, 1.807) is 0 Å². The Bertz CT molecular complexity index is 154. The van der Waals surface area contributed by atoms with Gasteiger partial charge in [-0.3, -0.25) is 0 Å². The van der Waals surface area contributed by atoms with Crippen molar-refractivity contribution in [2.24, 2.45) is 10.8 Å². The van der Waals surface area contributed by atoms with Gasteiger partial charge < -0.3 is 9.47 Å². The second-order valence-corrected chi connectivity index (χ2v) is 4.92. The van der Waals surface area contributed by atoms with Crippen LogP contribution in [-0.4, -0.2) is 32.3 Å². The fourth-order valence-electron chi connectivity index (χ4n) is 2.23. The molecule has 0 aromatic heterocycles. The molecule has 0 N–H and O–H groups in total. The number of alkyl halides is 1. The Labute approximate surface area is 84.5 Å². The Morgan fingerprint density at radius 2 is 1.62 bits per heavy atom. The van der Waals surface area contributed by atoms with Gasteiger partial charge >= 0.3 is 0 Å². The topological polar surface area (TPSA) is 18.5 Å². The monoisotopic (exact) mass is 204 g/mol. The summed E-state index contributed by atoms with van der Waals surface area (Å²) in [5.74, 6) is 0.731. The first-order valence-corrected chi connectivity index (χ1v) is 5.49. The zero-order valence-electron chi connectivity index (χ0n) is 8.14. The molecule has 2 nitrogen and oxygen atoms in total. The molecule has 2 aliphatic rings. The lowest BCUT2D eigenvalue weighted by Crippen LogP contribution is -2.53. The van der Waals surface area contributed by atoms with Crippen LogP contribution < -0.4 is 0 Å². The van der Waals surface area contributed by atoms with Crippen LogP contribution >= 0.6 is 11.6 Å². The zero-order valence-corrected chi connectivity index (χ0v) is 8.90. The van der Waals surface area contributed by atoms with E-state index in [0.29, 0.717) is 5.41 Å². The largest absolute Gasteiger partial charge is 0.380 e. The smallest absolute Gasteiger partial charge is 0.0556 e. The van der Waals surface area contributed by atoms with Crippen molar-refractivity contribution < 1.29 is 9.47 Å². The lowest BCUT2D eigenvalue weighted by Gasteiger charge is -2.50. The van der Waals surface area contributed by atoms with Crippen LogP contribution in [0.5, 0.6) is 0 Å². The number of halogens is 1. The maximum atomic E-state index is 5.98. The van der Waals surface area contributed by atoms with Crippen molar-refractivity contribution in [3.63, 3.8) is 0 Å². The lowest BCUT2D eigenvalue weighted by atomic mass is 9.68. The van der Waals surface area contributed by atoms with E-state index in [1.807, 2.05) is 0 Å². The summed E-state index contributed by atoms with van der Waals surface area (Å²) in [7, 11) is 0. The Balaban J connectivity index is 1.94. The van der Waals surface area contributed by atoms with Crippen LogP contribution in [0.25, 0.3) is 0 Å². The van der Waals surface area contributed by atoms with E-state index in [1.165, 1.54) is 12.8 Å². The minimum Gasteiger partial charge on any atom is -0.380 e. The maximum absolute atomic E-state index is 5.98. The summed E-state index contributed by atoms with van der Waals surface area (Å²) in [5, 5.41) is 0. The third-order valence-corrected chi connectivity index (χ3v) is 3.98. The molecular formula is C10H17ClO2. The Morgan fingerprint density at radius 1 is 1.08 bits per heavy atom. The average Bonchev–Trinajstić information content (AvgIpc) is 2.02. The number of ether oxygens (including phenoxy) is 2. The third kappa shape index (κ3) is 1.60. The SMILES string of the molecule is CCC1(CC2(CCl)COC2)COC1. The van der Waals surface area contributed by atoms with Gasteiger partial charge in [-0.1, -0.05) is 6.92 Å². The van der Waals surface area contributed by atoms with Crippen LogP contribution in [0.2, 0.25) is 0 Å². The molecule has 3 heteroatoms. The molecule has 13 heavy (non-hydrogen) atoms. The van der Waals surface area contributed by atoms with Crippen molar-refractivity contribution in [2.45, 2.75) is 19.8 Å². The zero-order chi connectivity index (χ0) is 9.36. The standard InChI is InChI=1S/C10H17ClO2/c1-2-9(5-12-6-9)3-10(4-11)7-13-8-10/h2-8H2,1H3. The molecule has 76 valence electrons. The lowest BCUT2D eigenvalue weighted by molar-refractivity contribution is -0.181. The Kier molecular flexibility index (Phi) is 2.56. The summed E-state index contributed by atoms with van der Waals surface area (Å²) in [5.41, 5.74) is 0.681. The molecule has 0 aromatic rings. The van der Waals surface area contributed by atoms with Gasteiger partial charge in [0.25, 0.3) is 0 Å². The quantitative estimate of drug-likeness (QED) is 0.653. The molecule has 0 spiro atoms. The minimum absolute atomic E-state index is 0.265. The van der Waals surface area contributed by atoms with E-state index in [-0.39, 0.29) is 5.41 Å². The van der Waals surface area contributed by atoms with Gasteiger partial charge in [0.05, 0.1) is 26.4 Å². The molecule has 2 rings (SSSR count). The van der Waals surface area contributed by atoms with Gasteiger partial charge in [-0.2, -0.15) is 0 Å². The second-order valence-electron chi connectivity index (χ2n) is 4.65. The highest BCUT2D eigenvalue weighted by atomic mass is 35.5. The highest BCUT2D eigenvalue weighted by molar-refractivity contribution is 6.18. The molecule has 0 atom stereocenters.